The molecule has 2 amide bonds. The third-order valence-corrected chi connectivity index (χ3v) is 8.47. The maximum absolute atomic E-state index is 15.0. The number of fused-ring (bicyclic) bond motifs is 2. The fourth-order valence-corrected chi connectivity index (χ4v) is 5.50. The minimum Gasteiger partial charge on any atom is -0.494 e. The Hall–Kier alpha value is -4.50. The highest BCUT2D eigenvalue weighted by atomic mass is 35.5. The molecule has 46 heavy (non-hydrogen) atoms. The summed E-state index contributed by atoms with van der Waals surface area (Å²) in [7, 11) is 1.35. The predicted octanol–water partition coefficient (Wildman–Crippen LogP) is 4.69. The van der Waals surface area contributed by atoms with Crippen molar-refractivity contribution in [2.24, 2.45) is 5.73 Å². The number of rotatable bonds is 8. The van der Waals surface area contributed by atoms with E-state index in [1.165, 1.54) is 26.2 Å². The minimum atomic E-state index is -5.49. The van der Waals surface area contributed by atoms with Crippen molar-refractivity contribution in [3.63, 3.8) is 0 Å². The normalized spacial score (nSPS) is 19.0. The Morgan fingerprint density at radius 1 is 1.22 bits per heavy atom. The number of hydrogen-bond acceptors (Lipinski definition) is 7. The van der Waals surface area contributed by atoms with Gasteiger partial charge >= 0.3 is 6.18 Å². The van der Waals surface area contributed by atoms with Gasteiger partial charge < -0.3 is 25.6 Å². The van der Waals surface area contributed by atoms with Gasteiger partial charge in [0.05, 0.1) is 25.4 Å². The smallest absolute Gasteiger partial charge is 0.424 e. The highest BCUT2D eigenvalue weighted by molar-refractivity contribution is 6.30. The number of aromatic nitrogens is 3. The number of carbonyl (C=O) groups excluding carboxylic acids is 2. The van der Waals surface area contributed by atoms with Crippen molar-refractivity contribution in [3.05, 3.63) is 70.0 Å². The summed E-state index contributed by atoms with van der Waals surface area (Å²) in [5.41, 5.74) is -2.52. The number of nitrogens with one attached hydrogen (secondary N) is 1. The summed E-state index contributed by atoms with van der Waals surface area (Å²) in [6.07, 6.45) is -1.93. The highest BCUT2D eigenvalue weighted by Gasteiger charge is 2.58. The van der Waals surface area contributed by atoms with E-state index in [2.05, 4.69) is 15.4 Å². The van der Waals surface area contributed by atoms with Gasteiger partial charge in [0.25, 0.3) is 5.91 Å². The number of benzene rings is 2. The van der Waals surface area contributed by atoms with Crippen LogP contribution in [0.25, 0.3) is 22.2 Å². The van der Waals surface area contributed by atoms with Gasteiger partial charge in [-0.25, -0.2) is 13.8 Å². The topological polar surface area (TPSA) is 142 Å². The molecule has 1 aliphatic heterocycles. The van der Waals surface area contributed by atoms with Crippen LogP contribution in [-0.4, -0.2) is 58.1 Å². The second kappa shape index (κ2) is 10.8. The van der Waals surface area contributed by atoms with E-state index in [0.29, 0.717) is 17.0 Å². The molecule has 2 aromatic heterocycles. The molecule has 2 atom stereocenters. The summed E-state index contributed by atoms with van der Waals surface area (Å²) in [6, 6.07) is 5.22. The molecule has 6 rings (SSSR count). The van der Waals surface area contributed by atoms with Gasteiger partial charge in [-0.15, -0.1) is 0 Å². The number of pyridine rings is 1. The average molecular weight is 666 g/mol. The Morgan fingerprint density at radius 3 is 2.57 bits per heavy atom. The molecule has 242 valence electrons. The number of halogens is 6. The zero-order valence-corrected chi connectivity index (χ0v) is 24.9. The molecule has 1 unspecified atom stereocenters. The Labute approximate surface area is 262 Å². The zero-order chi connectivity index (χ0) is 33.3. The molecule has 1 fully saturated rings. The highest BCUT2D eigenvalue weighted by Crippen LogP contribution is 2.48. The molecular weight excluding hydrogens is 641 g/mol. The lowest BCUT2D eigenvalue weighted by Crippen LogP contribution is -2.51. The molecule has 4 N–H and O–H groups in total. The van der Waals surface area contributed by atoms with Crippen molar-refractivity contribution in [1.29, 1.82) is 0 Å². The lowest BCUT2D eigenvalue weighted by molar-refractivity contribution is -0.265. The Bertz CT molecular complexity index is 1930. The first kappa shape index (κ1) is 31.5. The van der Waals surface area contributed by atoms with E-state index in [9.17, 15) is 32.3 Å². The van der Waals surface area contributed by atoms with E-state index in [1.54, 1.807) is 10.9 Å². The van der Waals surface area contributed by atoms with Gasteiger partial charge in [0.15, 0.2) is 11.6 Å². The van der Waals surface area contributed by atoms with Crippen molar-refractivity contribution in [2.75, 3.05) is 20.3 Å². The van der Waals surface area contributed by atoms with E-state index in [4.69, 9.17) is 26.8 Å². The standard InChI is InChI=1S/C30H25ClF5N5O5/c1-28(27(37)43)12-46-25-18(28)9-21(39-24(25)17-7-15(31)8-19(32)22(17)33)29(44,30(34,35)36)11-38-26(42)13-5-14-10-41(16-3-4-16)40-23(14)20(6-13)45-2/h5-10,16,44H,3-4,11-12H2,1-2H3,(H2,37,43)(H,38,42)/t28-,29?/m0/s1. The van der Waals surface area contributed by atoms with Crippen LogP contribution in [0.5, 0.6) is 11.5 Å². The van der Waals surface area contributed by atoms with Crippen LogP contribution in [0.2, 0.25) is 5.02 Å². The van der Waals surface area contributed by atoms with E-state index in [0.717, 1.165) is 25.0 Å². The first-order chi connectivity index (χ1) is 21.6. The first-order valence-corrected chi connectivity index (χ1v) is 14.2. The molecule has 4 aromatic rings. The number of methoxy groups -OCH3 is 1. The summed E-state index contributed by atoms with van der Waals surface area (Å²) in [5, 5.41) is 18.0. The van der Waals surface area contributed by atoms with Crippen molar-refractivity contribution in [3.8, 4) is 22.8 Å². The number of alkyl halides is 3. The van der Waals surface area contributed by atoms with Crippen LogP contribution in [0.3, 0.4) is 0 Å². The minimum absolute atomic E-state index is 0.0852. The summed E-state index contributed by atoms with van der Waals surface area (Å²) >= 11 is 5.91. The van der Waals surface area contributed by atoms with Crippen LogP contribution in [0.15, 0.2) is 36.5 Å². The van der Waals surface area contributed by atoms with Crippen LogP contribution >= 0.6 is 11.6 Å². The number of ether oxygens (including phenoxy) is 2. The SMILES string of the molecule is COc1cc(C(=O)NCC(O)(c2cc3c(c(-c4cc(Cl)cc(F)c4F)n2)OC[C@]3(C)C(N)=O)C(F)(F)F)cc2cn(C3CC3)nc12. The lowest BCUT2D eigenvalue weighted by Gasteiger charge is -2.31. The fourth-order valence-electron chi connectivity index (χ4n) is 5.29. The largest absolute Gasteiger partial charge is 0.494 e. The molecule has 16 heteroatoms. The Kier molecular flexibility index (Phi) is 7.39. The van der Waals surface area contributed by atoms with Crippen molar-refractivity contribution >= 4 is 34.3 Å². The van der Waals surface area contributed by atoms with Gasteiger partial charge in [-0.1, -0.05) is 11.6 Å². The number of carbonyl (C=O) groups is 2. The molecule has 2 aliphatic rings. The van der Waals surface area contributed by atoms with Crippen molar-refractivity contribution in [2.45, 2.75) is 43.0 Å². The molecular formula is C30H25ClF5N5O5. The second-order valence-corrected chi connectivity index (χ2v) is 11.9. The number of hydrogen-bond donors (Lipinski definition) is 3. The number of aliphatic hydroxyl groups is 1. The van der Waals surface area contributed by atoms with Gasteiger partial charge in [0.1, 0.15) is 34.7 Å². The Morgan fingerprint density at radius 2 is 1.93 bits per heavy atom. The third kappa shape index (κ3) is 5.07. The van der Waals surface area contributed by atoms with E-state index in [-0.39, 0.29) is 33.7 Å². The fraction of sp³-hybridized carbons (Fsp3) is 0.333. The maximum Gasteiger partial charge on any atom is 0.424 e. The molecule has 0 radical (unpaired) electrons. The number of nitrogens with two attached hydrogens (primary N) is 1. The van der Waals surface area contributed by atoms with Gasteiger partial charge in [0, 0.05) is 33.3 Å². The van der Waals surface area contributed by atoms with Crippen LogP contribution in [0.4, 0.5) is 22.0 Å². The van der Waals surface area contributed by atoms with Crippen LogP contribution in [0.1, 0.15) is 47.4 Å². The monoisotopic (exact) mass is 665 g/mol. The zero-order valence-electron chi connectivity index (χ0n) is 24.1. The molecule has 0 saturated heterocycles. The summed E-state index contributed by atoms with van der Waals surface area (Å²) in [6.45, 7) is -0.668. The second-order valence-electron chi connectivity index (χ2n) is 11.5. The van der Waals surface area contributed by atoms with E-state index < -0.39 is 70.7 Å². The quantitative estimate of drug-likeness (QED) is 0.183. The summed E-state index contributed by atoms with van der Waals surface area (Å²) in [5.74, 6) is -5.12. The molecule has 1 aliphatic carbocycles. The third-order valence-electron chi connectivity index (χ3n) is 8.26. The van der Waals surface area contributed by atoms with Gasteiger partial charge in [0.2, 0.25) is 11.5 Å². The van der Waals surface area contributed by atoms with E-state index in [1.807, 2.05) is 0 Å². The predicted molar refractivity (Wildman–Crippen MR) is 153 cm³/mol. The summed E-state index contributed by atoms with van der Waals surface area (Å²) in [4.78, 5) is 29.5. The average Bonchev–Trinajstić information content (AvgIpc) is 3.67. The number of primary amides is 1. The molecule has 0 spiro atoms. The molecule has 2 aromatic carbocycles. The van der Waals surface area contributed by atoms with Crippen LogP contribution < -0.4 is 20.5 Å². The number of nitrogens with zero attached hydrogens (tertiary/aromatic N) is 3. The molecule has 3 heterocycles. The van der Waals surface area contributed by atoms with E-state index >= 15 is 4.39 Å². The van der Waals surface area contributed by atoms with Crippen LogP contribution in [-0.2, 0) is 15.8 Å². The molecule has 10 nitrogen and oxygen atoms in total. The first-order valence-electron chi connectivity index (χ1n) is 13.8. The molecule has 1 saturated carbocycles. The maximum atomic E-state index is 15.0. The Balaban J connectivity index is 1.43. The molecule has 0 bridgehead atoms. The number of amides is 2. The van der Waals surface area contributed by atoms with Crippen molar-refractivity contribution < 1.29 is 46.1 Å². The van der Waals surface area contributed by atoms with Crippen molar-refractivity contribution in [1.82, 2.24) is 20.1 Å². The lowest BCUT2D eigenvalue weighted by atomic mass is 9.81. The van der Waals surface area contributed by atoms with Gasteiger partial charge in [-0.2, -0.15) is 18.3 Å². The van der Waals surface area contributed by atoms with Gasteiger partial charge in [-0.3, -0.25) is 14.3 Å². The van der Waals surface area contributed by atoms with Crippen LogP contribution in [0, 0.1) is 11.6 Å². The summed E-state index contributed by atoms with van der Waals surface area (Å²) < 4.78 is 86.3. The van der Waals surface area contributed by atoms with Gasteiger partial charge in [-0.05, 0) is 50.1 Å².